The first-order valence-electron chi connectivity index (χ1n) is 6.85. The van der Waals surface area contributed by atoms with Crippen LogP contribution in [0.1, 0.15) is 43.9 Å². The number of aromatic nitrogens is 7. The first kappa shape index (κ1) is 13.5. The highest BCUT2D eigenvalue weighted by atomic mass is 32.2. The molecule has 0 spiro atoms. The lowest BCUT2D eigenvalue weighted by atomic mass is 10.4. The summed E-state index contributed by atoms with van der Waals surface area (Å²) < 4.78 is 4.01. The molecule has 3 rings (SSSR count). The van der Waals surface area contributed by atoms with Gasteiger partial charge in [0, 0.05) is 6.54 Å². The van der Waals surface area contributed by atoms with E-state index in [0.29, 0.717) is 18.3 Å². The lowest BCUT2D eigenvalue weighted by molar-refractivity contribution is 0.587. The summed E-state index contributed by atoms with van der Waals surface area (Å²) in [6.45, 7) is 3.42. The van der Waals surface area contributed by atoms with E-state index in [4.69, 9.17) is 5.73 Å². The number of nitrogens with two attached hydrogens (primary N) is 1. The number of tetrazole rings is 1. The molecule has 2 N–H and O–H groups in total. The van der Waals surface area contributed by atoms with Crippen molar-refractivity contribution < 1.29 is 0 Å². The van der Waals surface area contributed by atoms with Gasteiger partial charge in [-0.15, -0.1) is 15.3 Å². The average Bonchev–Trinajstić information content (AvgIpc) is 3.07. The van der Waals surface area contributed by atoms with Gasteiger partial charge < -0.3 is 10.3 Å². The standard InChI is InChI=1S/C11H18N8S/c1-2-5-18-9(6-12)13-15-11(18)20-7-10-14-16-17-19(10)8-3-4-8/h8H,2-7,12H2,1H3. The van der Waals surface area contributed by atoms with Crippen LogP contribution in [-0.4, -0.2) is 35.0 Å². The van der Waals surface area contributed by atoms with Gasteiger partial charge in [-0.2, -0.15) is 0 Å². The molecular weight excluding hydrogens is 276 g/mol. The van der Waals surface area contributed by atoms with E-state index in [1.165, 1.54) is 12.8 Å². The van der Waals surface area contributed by atoms with Crippen LogP contribution >= 0.6 is 11.8 Å². The Morgan fingerprint density at radius 3 is 2.80 bits per heavy atom. The van der Waals surface area contributed by atoms with Crippen LogP contribution in [0.15, 0.2) is 5.16 Å². The maximum Gasteiger partial charge on any atom is 0.191 e. The van der Waals surface area contributed by atoms with E-state index in [2.05, 4.69) is 37.2 Å². The highest BCUT2D eigenvalue weighted by molar-refractivity contribution is 7.98. The number of thioether (sulfide) groups is 1. The molecular formula is C11H18N8S. The smallest absolute Gasteiger partial charge is 0.191 e. The first-order valence-corrected chi connectivity index (χ1v) is 7.83. The molecule has 1 aliphatic rings. The number of hydrogen-bond donors (Lipinski definition) is 1. The van der Waals surface area contributed by atoms with Crippen LogP contribution in [0.5, 0.6) is 0 Å². The predicted octanol–water partition coefficient (Wildman–Crippen LogP) is 0.760. The molecule has 108 valence electrons. The summed E-state index contributed by atoms with van der Waals surface area (Å²) in [4.78, 5) is 0. The molecule has 2 heterocycles. The quantitative estimate of drug-likeness (QED) is 0.752. The van der Waals surface area contributed by atoms with Gasteiger partial charge in [0.1, 0.15) is 5.82 Å². The topological polar surface area (TPSA) is 100 Å². The second-order valence-corrected chi connectivity index (χ2v) is 5.76. The second kappa shape index (κ2) is 5.88. The molecule has 0 amide bonds. The molecule has 0 aromatic carbocycles. The maximum absolute atomic E-state index is 5.69. The minimum atomic E-state index is 0.410. The van der Waals surface area contributed by atoms with E-state index < -0.39 is 0 Å². The molecule has 0 unspecified atom stereocenters. The van der Waals surface area contributed by atoms with E-state index in [-0.39, 0.29) is 0 Å². The molecule has 8 nitrogen and oxygen atoms in total. The van der Waals surface area contributed by atoms with Gasteiger partial charge in [0.15, 0.2) is 11.0 Å². The number of rotatable bonds is 7. The van der Waals surface area contributed by atoms with Gasteiger partial charge >= 0.3 is 0 Å². The van der Waals surface area contributed by atoms with Crippen molar-refractivity contribution in [3.63, 3.8) is 0 Å². The predicted molar refractivity (Wildman–Crippen MR) is 73.9 cm³/mol. The van der Waals surface area contributed by atoms with E-state index in [1.807, 2.05) is 4.68 Å². The maximum atomic E-state index is 5.69. The van der Waals surface area contributed by atoms with Crippen molar-refractivity contribution in [1.82, 2.24) is 35.0 Å². The van der Waals surface area contributed by atoms with Gasteiger partial charge in [-0.05, 0) is 29.7 Å². The van der Waals surface area contributed by atoms with Crippen molar-refractivity contribution >= 4 is 11.8 Å². The zero-order chi connectivity index (χ0) is 13.9. The summed E-state index contributed by atoms with van der Waals surface area (Å²) in [6.07, 6.45) is 3.37. The summed E-state index contributed by atoms with van der Waals surface area (Å²) in [5.41, 5.74) is 5.69. The molecule has 0 radical (unpaired) electrons. The third kappa shape index (κ3) is 2.68. The Balaban J connectivity index is 1.71. The SMILES string of the molecule is CCCn1c(CN)nnc1SCc1nnnn1C1CC1. The lowest BCUT2D eigenvalue weighted by Gasteiger charge is -2.07. The van der Waals surface area contributed by atoms with E-state index in [1.54, 1.807) is 11.8 Å². The highest BCUT2D eigenvalue weighted by Crippen LogP contribution is 2.35. The first-order chi connectivity index (χ1) is 9.83. The van der Waals surface area contributed by atoms with E-state index >= 15 is 0 Å². The Kier molecular flexibility index (Phi) is 3.97. The fourth-order valence-electron chi connectivity index (χ4n) is 2.06. The monoisotopic (exact) mass is 294 g/mol. The van der Waals surface area contributed by atoms with E-state index in [9.17, 15) is 0 Å². The summed E-state index contributed by atoms with van der Waals surface area (Å²) in [5, 5.41) is 21.1. The Bertz CT molecular complexity index is 573. The van der Waals surface area contributed by atoms with Crippen molar-refractivity contribution in [3.05, 3.63) is 11.6 Å². The molecule has 2 aromatic rings. The third-order valence-corrected chi connectivity index (χ3v) is 4.17. The number of nitrogens with zero attached hydrogens (tertiary/aromatic N) is 7. The fourth-order valence-corrected chi connectivity index (χ4v) is 2.96. The van der Waals surface area contributed by atoms with Gasteiger partial charge in [-0.25, -0.2) is 4.68 Å². The fraction of sp³-hybridized carbons (Fsp3) is 0.727. The van der Waals surface area contributed by atoms with Crippen molar-refractivity contribution in [2.45, 2.75) is 56.2 Å². The van der Waals surface area contributed by atoms with Gasteiger partial charge in [0.05, 0.1) is 18.3 Å². The van der Waals surface area contributed by atoms with Gasteiger partial charge in [-0.3, -0.25) is 0 Å². The van der Waals surface area contributed by atoms with Crippen LogP contribution in [0.3, 0.4) is 0 Å². The molecule has 1 fully saturated rings. The summed E-state index contributed by atoms with van der Waals surface area (Å²) in [7, 11) is 0. The summed E-state index contributed by atoms with van der Waals surface area (Å²) in [5.74, 6) is 2.43. The molecule has 0 saturated heterocycles. The zero-order valence-electron chi connectivity index (χ0n) is 11.4. The molecule has 0 atom stereocenters. The molecule has 2 aromatic heterocycles. The Morgan fingerprint density at radius 2 is 2.10 bits per heavy atom. The second-order valence-electron chi connectivity index (χ2n) is 4.81. The minimum absolute atomic E-state index is 0.410. The van der Waals surface area contributed by atoms with E-state index in [0.717, 1.165) is 29.8 Å². The van der Waals surface area contributed by atoms with Gasteiger partial charge in [0.2, 0.25) is 0 Å². The van der Waals surface area contributed by atoms with Crippen LogP contribution in [0.4, 0.5) is 0 Å². The Hall–Kier alpha value is -1.48. The lowest BCUT2D eigenvalue weighted by Crippen LogP contribution is -2.09. The van der Waals surface area contributed by atoms with Crippen molar-refractivity contribution in [1.29, 1.82) is 0 Å². The molecule has 0 bridgehead atoms. The summed E-state index contributed by atoms with van der Waals surface area (Å²) in [6, 6.07) is 0.494. The van der Waals surface area contributed by atoms with Crippen LogP contribution in [0.25, 0.3) is 0 Å². The average molecular weight is 294 g/mol. The molecule has 1 aliphatic carbocycles. The Morgan fingerprint density at radius 1 is 1.25 bits per heavy atom. The minimum Gasteiger partial charge on any atom is -0.324 e. The van der Waals surface area contributed by atoms with Crippen LogP contribution in [-0.2, 0) is 18.8 Å². The van der Waals surface area contributed by atoms with Crippen LogP contribution in [0.2, 0.25) is 0 Å². The normalized spacial score (nSPS) is 14.9. The largest absolute Gasteiger partial charge is 0.324 e. The molecule has 0 aliphatic heterocycles. The van der Waals surface area contributed by atoms with Crippen LogP contribution < -0.4 is 5.73 Å². The van der Waals surface area contributed by atoms with Crippen LogP contribution in [0, 0.1) is 0 Å². The molecule has 20 heavy (non-hydrogen) atoms. The Labute approximate surface area is 121 Å². The van der Waals surface area contributed by atoms with Crippen molar-refractivity contribution in [2.24, 2.45) is 5.73 Å². The molecule has 1 saturated carbocycles. The van der Waals surface area contributed by atoms with Crippen molar-refractivity contribution in [3.8, 4) is 0 Å². The highest BCUT2D eigenvalue weighted by Gasteiger charge is 2.27. The number of hydrogen-bond acceptors (Lipinski definition) is 7. The zero-order valence-corrected chi connectivity index (χ0v) is 12.3. The summed E-state index contributed by atoms with van der Waals surface area (Å²) >= 11 is 1.61. The molecule has 9 heteroatoms. The van der Waals surface area contributed by atoms with Gasteiger partial charge in [0.25, 0.3) is 0 Å². The third-order valence-electron chi connectivity index (χ3n) is 3.21. The van der Waals surface area contributed by atoms with Crippen molar-refractivity contribution in [2.75, 3.05) is 0 Å². The van der Waals surface area contributed by atoms with Gasteiger partial charge in [-0.1, -0.05) is 18.7 Å².